The Morgan fingerprint density at radius 2 is 1.85 bits per heavy atom. The van der Waals surface area contributed by atoms with Crippen molar-refractivity contribution in [2.45, 2.75) is 0 Å². The molecule has 26 heavy (non-hydrogen) atoms. The van der Waals surface area contributed by atoms with Crippen LogP contribution in [-0.4, -0.2) is 23.9 Å². The average molecular weight is 350 g/mol. The van der Waals surface area contributed by atoms with Gasteiger partial charge in [0.25, 0.3) is 5.69 Å². The van der Waals surface area contributed by atoms with E-state index >= 15 is 0 Å². The van der Waals surface area contributed by atoms with Gasteiger partial charge in [-0.25, -0.2) is 9.79 Å². The fraction of sp³-hybridized carbons (Fsp3) is 0.0526. The van der Waals surface area contributed by atoms with Crippen molar-refractivity contribution in [3.63, 3.8) is 0 Å². The van der Waals surface area contributed by atoms with Gasteiger partial charge in [-0.2, -0.15) is 0 Å². The van der Waals surface area contributed by atoms with Crippen LogP contribution in [0.1, 0.15) is 11.1 Å². The van der Waals surface area contributed by atoms with E-state index in [9.17, 15) is 14.9 Å². The van der Waals surface area contributed by atoms with Gasteiger partial charge < -0.3 is 9.47 Å². The molecule has 0 fully saturated rings. The van der Waals surface area contributed by atoms with Crippen molar-refractivity contribution in [1.82, 2.24) is 0 Å². The van der Waals surface area contributed by atoms with Gasteiger partial charge >= 0.3 is 5.97 Å². The number of non-ortho nitro benzene ring substituents is 1. The number of nitrogens with zero attached hydrogens (tertiary/aromatic N) is 2. The predicted octanol–water partition coefficient (Wildman–Crippen LogP) is 3.61. The van der Waals surface area contributed by atoms with E-state index in [1.165, 1.54) is 30.3 Å². The van der Waals surface area contributed by atoms with Crippen LogP contribution >= 0.6 is 0 Å². The molecule has 3 rings (SSSR count). The zero-order chi connectivity index (χ0) is 18.5. The second kappa shape index (κ2) is 7.43. The molecule has 0 saturated carbocycles. The third-order valence-electron chi connectivity index (χ3n) is 3.59. The minimum atomic E-state index is -0.581. The lowest BCUT2D eigenvalue weighted by molar-refractivity contribution is -0.384. The third kappa shape index (κ3) is 3.84. The monoisotopic (exact) mass is 350 g/mol. The lowest BCUT2D eigenvalue weighted by Gasteiger charge is -2.02. The van der Waals surface area contributed by atoms with Crippen LogP contribution in [0.2, 0.25) is 0 Å². The number of hydrogen-bond donors (Lipinski definition) is 0. The number of hydrogen-bond acceptors (Lipinski definition) is 6. The van der Waals surface area contributed by atoms with Crippen molar-refractivity contribution in [1.29, 1.82) is 0 Å². The van der Waals surface area contributed by atoms with E-state index in [4.69, 9.17) is 9.47 Å². The van der Waals surface area contributed by atoms with E-state index in [0.717, 1.165) is 5.56 Å². The molecule has 1 aliphatic heterocycles. The Morgan fingerprint density at radius 3 is 2.54 bits per heavy atom. The number of nitro benzene ring substituents is 1. The van der Waals surface area contributed by atoms with Gasteiger partial charge in [0.05, 0.1) is 12.0 Å². The number of aliphatic imine (C=N–C) groups is 1. The van der Waals surface area contributed by atoms with Crippen LogP contribution in [0.3, 0.4) is 0 Å². The standard InChI is InChI=1S/C19H14N2O5/c1-25-17-5-3-2-4-14(17)8-11-18-20-16(19(22)26-18)12-13-6-9-15(10-7-13)21(23)24/h2-12H,1H3/b11-8+,16-12-. The van der Waals surface area contributed by atoms with Crippen LogP contribution in [0.4, 0.5) is 5.69 Å². The molecule has 0 aliphatic carbocycles. The highest BCUT2D eigenvalue weighted by Crippen LogP contribution is 2.21. The first-order valence-corrected chi connectivity index (χ1v) is 7.65. The van der Waals surface area contributed by atoms with Crippen LogP contribution in [0.5, 0.6) is 5.75 Å². The molecule has 0 spiro atoms. The quantitative estimate of drug-likeness (QED) is 0.355. The summed E-state index contributed by atoms with van der Waals surface area (Å²) in [4.78, 5) is 26.2. The maximum atomic E-state index is 11.9. The molecule has 0 amide bonds. The summed E-state index contributed by atoms with van der Waals surface area (Å²) in [5, 5.41) is 10.7. The minimum absolute atomic E-state index is 0.0231. The molecule has 0 bridgehead atoms. The van der Waals surface area contributed by atoms with Crippen molar-refractivity contribution >= 4 is 29.7 Å². The van der Waals surface area contributed by atoms with Crippen LogP contribution in [0, 0.1) is 10.1 Å². The number of benzene rings is 2. The zero-order valence-corrected chi connectivity index (χ0v) is 13.8. The van der Waals surface area contributed by atoms with E-state index in [1.54, 1.807) is 19.3 Å². The third-order valence-corrected chi connectivity index (χ3v) is 3.59. The highest BCUT2D eigenvalue weighted by molar-refractivity contribution is 6.11. The Bertz CT molecular complexity index is 943. The van der Waals surface area contributed by atoms with Crippen LogP contribution in [0.15, 0.2) is 65.3 Å². The van der Waals surface area contributed by atoms with Crippen LogP contribution in [0.25, 0.3) is 12.2 Å². The van der Waals surface area contributed by atoms with E-state index in [-0.39, 0.29) is 17.3 Å². The molecule has 0 saturated heterocycles. The summed E-state index contributed by atoms with van der Waals surface area (Å²) in [5.41, 5.74) is 1.53. The maximum Gasteiger partial charge on any atom is 0.363 e. The summed E-state index contributed by atoms with van der Waals surface area (Å²) < 4.78 is 10.4. The molecule has 0 aromatic heterocycles. The van der Waals surface area contributed by atoms with Crippen LogP contribution < -0.4 is 4.74 Å². The highest BCUT2D eigenvalue weighted by Gasteiger charge is 2.21. The van der Waals surface area contributed by atoms with Crippen molar-refractivity contribution < 1.29 is 19.2 Å². The molecule has 0 N–H and O–H groups in total. The maximum absolute atomic E-state index is 11.9. The van der Waals surface area contributed by atoms with Gasteiger partial charge in [0.15, 0.2) is 5.70 Å². The molecule has 1 aliphatic rings. The number of carbonyl (C=O) groups excluding carboxylic acids is 1. The van der Waals surface area contributed by atoms with E-state index in [0.29, 0.717) is 11.3 Å². The molecule has 0 unspecified atom stereocenters. The Kier molecular flexibility index (Phi) is 4.89. The molecule has 1 heterocycles. The Labute approximate surface area is 149 Å². The first-order valence-electron chi connectivity index (χ1n) is 7.65. The van der Waals surface area contributed by atoms with Gasteiger partial charge in [-0.3, -0.25) is 10.1 Å². The largest absolute Gasteiger partial charge is 0.496 e. The average Bonchev–Trinajstić information content (AvgIpc) is 3.00. The van der Waals surface area contributed by atoms with Gasteiger partial charge in [0.2, 0.25) is 5.90 Å². The first-order chi connectivity index (χ1) is 12.6. The van der Waals surface area contributed by atoms with Gasteiger partial charge in [0.1, 0.15) is 5.75 Å². The Hall–Kier alpha value is -3.74. The smallest absolute Gasteiger partial charge is 0.363 e. The molecule has 2 aromatic rings. The molecular weight excluding hydrogens is 336 g/mol. The van der Waals surface area contributed by atoms with Gasteiger partial charge in [-0.15, -0.1) is 0 Å². The lowest BCUT2D eigenvalue weighted by atomic mass is 10.2. The summed E-state index contributed by atoms with van der Waals surface area (Å²) in [6, 6.07) is 13.2. The Morgan fingerprint density at radius 1 is 1.12 bits per heavy atom. The number of rotatable bonds is 5. The molecule has 0 radical (unpaired) electrons. The Balaban J connectivity index is 1.80. The SMILES string of the molecule is COc1ccccc1/C=C/C1=NC(=C\c2ccc([N+](=O)[O-])cc2)/C(=O)O1. The van der Waals surface area contributed by atoms with Gasteiger partial charge in [-0.1, -0.05) is 18.2 Å². The number of para-hydroxylation sites is 1. The van der Waals surface area contributed by atoms with Crippen molar-refractivity contribution in [3.05, 3.63) is 81.5 Å². The first kappa shape index (κ1) is 17.1. The molecular formula is C19H14N2O5. The number of nitro groups is 1. The normalized spacial score (nSPS) is 15.2. The number of cyclic esters (lactones) is 1. The number of carbonyl (C=O) groups is 1. The van der Waals surface area contributed by atoms with Gasteiger partial charge in [0, 0.05) is 23.8 Å². The molecule has 0 atom stereocenters. The minimum Gasteiger partial charge on any atom is -0.496 e. The molecule has 7 nitrogen and oxygen atoms in total. The zero-order valence-electron chi connectivity index (χ0n) is 13.8. The second-order valence-electron chi connectivity index (χ2n) is 5.29. The number of methoxy groups -OCH3 is 1. The highest BCUT2D eigenvalue weighted by atomic mass is 16.6. The van der Waals surface area contributed by atoms with Crippen molar-refractivity contribution in [3.8, 4) is 5.75 Å². The fourth-order valence-electron chi connectivity index (χ4n) is 2.31. The van der Waals surface area contributed by atoms with Crippen LogP contribution in [-0.2, 0) is 9.53 Å². The summed E-state index contributed by atoms with van der Waals surface area (Å²) in [6.07, 6.45) is 4.82. The lowest BCUT2D eigenvalue weighted by Crippen LogP contribution is -2.01. The molecule has 130 valence electrons. The second-order valence-corrected chi connectivity index (χ2v) is 5.29. The number of ether oxygens (including phenoxy) is 2. The molecule has 2 aromatic carbocycles. The summed E-state index contributed by atoms with van der Waals surface area (Å²) >= 11 is 0. The topological polar surface area (TPSA) is 91.0 Å². The van der Waals surface area contributed by atoms with E-state index < -0.39 is 10.9 Å². The number of esters is 1. The van der Waals surface area contributed by atoms with E-state index in [1.807, 2.05) is 24.3 Å². The van der Waals surface area contributed by atoms with E-state index in [2.05, 4.69) is 4.99 Å². The van der Waals surface area contributed by atoms with Crippen molar-refractivity contribution in [2.75, 3.05) is 7.11 Å². The summed E-state index contributed by atoms with van der Waals surface area (Å²) in [7, 11) is 1.57. The van der Waals surface area contributed by atoms with Crippen molar-refractivity contribution in [2.24, 2.45) is 4.99 Å². The molecule has 7 heteroatoms. The summed E-state index contributed by atoms with van der Waals surface area (Å²) in [5.74, 6) is 0.271. The summed E-state index contributed by atoms with van der Waals surface area (Å²) in [6.45, 7) is 0. The predicted molar refractivity (Wildman–Crippen MR) is 96.6 cm³/mol. The van der Waals surface area contributed by atoms with Gasteiger partial charge in [-0.05, 0) is 35.9 Å². The fourth-order valence-corrected chi connectivity index (χ4v) is 2.31.